The van der Waals surface area contributed by atoms with Crippen LogP contribution in [0.25, 0.3) is 0 Å². The Labute approximate surface area is 118 Å². The number of hydrogen-bond donors (Lipinski definition) is 0. The standard InChI is InChI=1S/C16H20FNO2/c17-15-8-5-4-7-13(15)11-14(19)12-18-10-6-2-1-3-9-16(18)20/h4-5,7-8H,1-3,6,9-12H2. The molecule has 1 saturated heterocycles. The molecule has 1 aliphatic heterocycles. The molecule has 3 nitrogen and oxygen atoms in total. The van der Waals surface area contributed by atoms with Gasteiger partial charge < -0.3 is 4.90 Å². The summed E-state index contributed by atoms with van der Waals surface area (Å²) in [6.07, 6.45) is 4.60. The topological polar surface area (TPSA) is 37.4 Å². The fourth-order valence-electron chi connectivity index (χ4n) is 2.51. The van der Waals surface area contributed by atoms with Crippen molar-refractivity contribution < 1.29 is 14.0 Å². The van der Waals surface area contributed by atoms with Gasteiger partial charge in [-0.2, -0.15) is 0 Å². The first-order chi connectivity index (χ1) is 9.66. The lowest BCUT2D eigenvalue weighted by Crippen LogP contribution is -2.37. The second-order valence-corrected chi connectivity index (χ2v) is 5.29. The smallest absolute Gasteiger partial charge is 0.222 e. The molecule has 108 valence electrons. The molecular formula is C16H20FNO2. The van der Waals surface area contributed by atoms with Gasteiger partial charge in [0, 0.05) is 19.4 Å². The number of nitrogens with zero attached hydrogens (tertiary/aromatic N) is 1. The number of rotatable bonds is 4. The van der Waals surface area contributed by atoms with Crippen molar-refractivity contribution in [3.8, 4) is 0 Å². The predicted octanol–water partition coefficient (Wildman–Crippen LogP) is 2.73. The van der Waals surface area contributed by atoms with E-state index in [1.54, 1.807) is 23.1 Å². The van der Waals surface area contributed by atoms with Gasteiger partial charge in [-0.1, -0.05) is 31.0 Å². The number of carbonyl (C=O) groups excluding carboxylic acids is 2. The van der Waals surface area contributed by atoms with Gasteiger partial charge in [-0.25, -0.2) is 4.39 Å². The van der Waals surface area contributed by atoms with Crippen molar-refractivity contribution in [2.75, 3.05) is 13.1 Å². The third kappa shape index (κ3) is 4.15. The summed E-state index contributed by atoms with van der Waals surface area (Å²) in [7, 11) is 0. The highest BCUT2D eigenvalue weighted by Crippen LogP contribution is 2.13. The van der Waals surface area contributed by atoms with Crippen molar-refractivity contribution in [3.05, 3.63) is 35.6 Å². The molecule has 0 N–H and O–H groups in total. The van der Waals surface area contributed by atoms with E-state index in [-0.39, 0.29) is 30.5 Å². The summed E-state index contributed by atoms with van der Waals surface area (Å²) in [5.41, 5.74) is 0.400. The van der Waals surface area contributed by atoms with Crippen LogP contribution in [0.2, 0.25) is 0 Å². The lowest BCUT2D eigenvalue weighted by molar-refractivity contribution is -0.135. The molecule has 0 aromatic heterocycles. The molecule has 2 rings (SSSR count). The van der Waals surface area contributed by atoms with Gasteiger partial charge >= 0.3 is 0 Å². The van der Waals surface area contributed by atoms with E-state index in [0.29, 0.717) is 18.5 Å². The molecule has 4 heteroatoms. The van der Waals surface area contributed by atoms with Crippen LogP contribution in [0.4, 0.5) is 4.39 Å². The maximum absolute atomic E-state index is 13.5. The fraction of sp³-hybridized carbons (Fsp3) is 0.500. The van der Waals surface area contributed by atoms with E-state index in [1.807, 2.05) is 0 Å². The van der Waals surface area contributed by atoms with E-state index in [2.05, 4.69) is 0 Å². The second kappa shape index (κ2) is 7.17. The lowest BCUT2D eigenvalue weighted by atomic mass is 10.1. The number of carbonyl (C=O) groups is 2. The minimum atomic E-state index is -0.361. The Morgan fingerprint density at radius 3 is 2.70 bits per heavy atom. The summed E-state index contributed by atoms with van der Waals surface area (Å²) in [4.78, 5) is 25.6. The molecule has 0 radical (unpaired) electrons. The minimum absolute atomic E-state index is 0.0478. The number of hydrogen-bond acceptors (Lipinski definition) is 2. The van der Waals surface area contributed by atoms with Crippen LogP contribution in [0.3, 0.4) is 0 Å². The van der Waals surface area contributed by atoms with E-state index in [1.165, 1.54) is 6.07 Å². The third-order valence-corrected chi connectivity index (χ3v) is 3.63. The van der Waals surface area contributed by atoms with Crippen LogP contribution in [0.15, 0.2) is 24.3 Å². The zero-order valence-electron chi connectivity index (χ0n) is 11.6. The molecule has 1 heterocycles. The number of likely N-dealkylation sites (tertiary alicyclic amines) is 1. The fourth-order valence-corrected chi connectivity index (χ4v) is 2.51. The second-order valence-electron chi connectivity index (χ2n) is 5.29. The first kappa shape index (κ1) is 14.7. The highest BCUT2D eigenvalue weighted by Gasteiger charge is 2.19. The number of Topliss-reactive ketones (excluding diaryl/α,β-unsaturated/α-hetero) is 1. The summed E-state index contributed by atoms with van der Waals surface area (Å²) in [6.45, 7) is 0.745. The van der Waals surface area contributed by atoms with Crippen molar-refractivity contribution in [1.82, 2.24) is 4.90 Å². The van der Waals surface area contributed by atoms with Crippen LogP contribution in [0.1, 0.15) is 37.7 Å². The van der Waals surface area contributed by atoms with Crippen LogP contribution < -0.4 is 0 Å². The maximum Gasteiger partial charge on any atom is 0.222 e. The van der Waals surface area contributed by atoms with Crippen molar-refractivity contribution in [2.45, 2.75) is 38.5 Å². The molecule has 0 bridgehead atoms. The summed E-state index contributed by atoms with van der Waals surface area (Å²) in [5, 5.41) is 0. The van der Waals surface area contributed by atoms with Gasteiger partial charge in [0.2, 0.25) is 5.91 Å². The molecule has 1 aliphatic rings. The van der Waals surface area contributed by atoms with Crippen LogP contribution in [0.5, 0.6) is 0 Å². The van der Waals surface area contributed by atoms with Gasteiger partial charge in [-0.15, -0.1) is 0 Å². The monoisotopic (exact) mass is 277 g/mol. The van der Waals surface area contributed by atoms with Crippen LogP contribution in [0, 0.1) is 5.82 Å². The summed E-state index contributed by atoms with van der Waals surface area (Å²) in [6, 6.07) is 6.28. The van der Waals surface area contributed by atoms with Crippen molar-refractivity contribution in [3.63, 3.8) is 0 Å². The summed E-state index contributed by atoms with van der Waals surface area (Å²) >= 11 is 0. The van der Waals surface area contributed by atoms with Crippen molar-refractivity contribution in [2.24, 2.45) is 0 Å². The minimum Gasteiger partial charge on any atom is -0.335 e. The van der Waals surface area contributed by atoms with Gasteiger partial charge in [-0.3, -0.25) is 9.59 Å². The van der Waals surface area contributed by atoms with Crippen LogP contribution >= 0.6 is 0 Å². The molecule has 1 fully saturated rings. The number of ketones is 1. The molecule has 20 heavy (non-hydrogen) atoms. The van der Waals surface area contributed by atoms with Gasteiger partial charge in [0.25, 0.3) is 0 Å². The summed E-state index contributed by atoms with van der Waals surface area (Å²) < 4.78 is 13.5. The molecule has 0 aliphatic carbocycles. The zero-order chi connectivity index (χ0) is 14.4. The van der Waals surface area contributed by atoms with Crippen molar-refractivity contribution in [1.29, 1.82) is 0 Å². The average Bonchev–Trinajstić information content (AvgIpc) is 2.41. The van der Waals surface area contributed by atoms with E-state index in [4.69, 9.17) is 0 Å². The van der Waals surface area contributed by atoms with Gasteiger partial charge in [0.05, 0.1) is 6.54 Å². The van der Waals surface area contributed by atoms with E-state index < -0.39 is 0 Å². The largest absolute Gasteiger partial charge is 0.335 e. The molecule has 0 unspecified atom stereocenters. The van der Waals surface area contributed by atoms with Gasteiger partial charge in [-0.05, 0) is 24.5 Å². The van der Waals surface area contributed by atoms with Crippen LogP contribution in [-0.4, -0.2) is 29.7 Å². The Bertz CT molecular complexity index is 487. The lowest BCUT2D eigenvalue weighted by Gasteiger charge is -2.24. The SMILES string of the molecule is O=C(Cc1ccccc1F)CN1CCCCCCC1=O. The quantitative estimate of drug-likeness (QED) is 0.848. The number of amides is 1. The predicted molar refractivity (Wildman–Crippen MR) is 74.8 cm³/mol. The Balaban J connectivity index is 1.92. The van der Waals surface area contributed by atoms with Gasteiger partial charge in [0.15, 0.2) is 5.78 Å². The zero-order valence-corrected chi connectivity index (χ0v) is 11.6. The van der Waals surface area contributed by atoms with E-state index >= 15 is 0 Å². The first-order valence-electron chi connectivity index (χ1n) is 7.19. The normalized spacial score (nSPS) is 16.6. The van der Waals surface area contributed by atoms with E-state index in [9.17, 15) is 14.0 Å². The average molecular weight is 277 g/mol. The Morgan fingerprint density at radius 1 is 1.15 bits per heavy atom. The van der Waals surface area contributed by atoms with Crippen LogP contribution in [-0.2, 0) is 16.0 Å². The molecule has 1 aromatic rings. The molecule has 0 spiro atoms. The molecule has 1 aromatic carbocycles. The maximum atomic E-state index is 13.5. The molecule has 0 atom stereocenters. The first-order valence-corrected chi connectivity index (χ1v) is 7.19. The Hall–Kier alpha value is -1.71. The molecule has 1 amide bonds. The highest BCUT2D eigenvalue weighted by molar-refractivity contribution is 5.87. The molecule has 0 saturated carbocycles. The number of benzene rings is 1. The Kier molecular flexibility index (Phi) is 5.27. The highest BCUT2D eigenvalue weighted by atomic mass is 19.1. The number of halogens is 1. The molecular weight excluding hydrogens is 257 g/mol. The van der Waals surface area contributed by atoms with Gasteiger partial charge in [0.1, 0.15) is 5.82 Å². The third-order valence-electron chi connectivity index (χ3n) is 3.63. The Morgan fingerprint density at radius 2 is 1.90 bits per heavy atom. The summed E-state index contributed by atoms with van der Waals surface area (Å²) in [5.74, 6) is -0.421. The van der Waals surface area contributed by atoms with E-state index in [0.717, 1.165) is 25.7 Å². The van der Waals surface area contributed by atoms with Crippen molar-refractivity contribution >= 4 is 11.7 Å².